The summed E-state index contributed by atoms with van der Waals surface area (Å²) in [4.78, 5) is 41.5. The van der Waals surface area contributed by atoms with Gasteiger partial charge < -0.3 is 15.2 Å². The minimum Gasteiger partial charge on any atom is -0.481 e. The lowest BCUT2D eigenvalue weighted by atomic mass is 9.98. The van der Waals surface area contributed by atoms with E-state index in [0.29, 0.717) is 0 Å². The molecule has 1 unspecified atom stereocenters. The summed E-state index contributed by atoms with van der Waals surface area (Å²) in [5, 5.41) is 12.6. The fourth-order valence-corrected chi connectivity index (χ4v) is 3.80. The largest absolute Gasteiger partial charge is 0.481 e. The first kappa shape index (κ1) is 22.3. The summed E-state index contributed by atoms with van der Waals surface area (Å²) in [7, 11) is 0. The van der Waals surface area contributed by atoms with Gasteiger partial charge in [0.1, 0.15) is 12.6 Å². The number of carboxylic acids is 1. The van der Waals surface area contributed by atoms with E-state index in [1.807, 2.05) is 48.5 Å². The summed E-state index contributed by atoms with van der Waals surface area (Å²) in [6, 6.07) is 14.6. The second-order valence-corrected chi connectivity index (χ2v) is 7.07. The Balaban J connectivity index is 1.69. The van der Waals surface area contributed by atoms with Crippen LogP contribution in [-0.2, 0) is 19.2 Å². The Hall–Kier alpha value is -3.39. The molecule has 164 valence electrons. The average Bonchev–Trinajstić information content (AvgIpc) is 3.08. The van der Waals surface area contributed by atoms with E-state index in [4.69, 9.17) is 14.7 Å². The van der Waals surface area contributed by atoms with Crippen molar-refractivity contribution in [2.45, 2.75) is 32.2 Å². The Bertz CT molecular complexity index is 915. The molecule has 2 N–H and O–H groups in total. The molecular weight excluding hydrogens is 400 g/mol. The Kier molecular flexibility index (Phi) is 7.25. The zero-order valence-electron chi connectivity index (χ0n) is 17.5. The molecule has 2 aromatic rings. The van der Waals surface area contributed by atoms with Gasteiger partial charge in [0, 0.05) is 12.5 Å². The smallest absolute Gasteiger partial charge is 0.407 e. The van der Waals surface area contributed by atoms with Gasteiger partial charge in [-0.05, 0) is 36.1 Å². The molecule has 0 saturated heterocycles. The van der Waals surface area contributed by atoms with Crippen molar-refractivity contribution in [1.29, 1.82) is 0 Å². The highest BCUT2D eigenvalue weighted by Gasteiger charge is 2.31. The van der Waals surface area contributed by atoms with Crippen LogP contribution >= 0.6 is 0 Å². The molecule has 8 nitrogen and oxygen atoms in total. The van der Waals surface area contributed by atoms with E-state index < -0.39 is 30.4 Å². The lowest BCUT2D eigenvalue weighted by molar-refractivity contribution is -0.186. The number of aliphatic carboxylic acids is 1. The summed E-state index contributed by atoms with van der Waals surface area (Å²) in [5.41, 5.74) is 4.31. The van der Waals surface area contributed by atoms with Gasteiger partial charge in [-0.3, -0.25) is 14.4 Å². The molecule has 0 heterocycles. The molecule has 3 rings (SSSR count). The highest BCUT2D eigenvalue weighted by Crippen LogP contribution is 2.44. The minimum absolute atomic E-state index is 0.0663. The van der Waals surface area contributed by atoms with Gasteiger partial charge in [0.05, 0.1) is 13.0 Å². The predicted molar refractivity (Wildman–Crippen MR) is 113 cm³/mol. The van der Waals surface area contributed by atoms with E-state index >= 15 is 0 Å². The van der Waals surface area contributed by atoms with Crippen LogP contribution in [0.3, 0.4) is 0 Å². The average molecular weight is 426 g/mol. The Morgan fingerprint density at radius 3 is 2.13 bits per heavy atom. The SMILES string of the molecule is CCON(CC)C(=O)C(CC(=O)O)NC(=O)OCC1c2ccccc2-c2ccccc21. The van der Waals surface area contributed by atoms with Crippen LogP contribution in [0.25, 0.3) is 11.1 Å². The summed E-state index contributed by atoms with van der Waals surface area (Å²) in [6.07, 6.45) is -1.43. The second-order valence-electron chi connectivity index (χ2n) is 7.07. The monoisotopic (exact) mass is 426 g/mol. The number of ether oxygens (including phenoxy) is 1. The number of likely N-dealkylation sites (N-methyl/N-ethyl adjacent to an activating group) is 1. The number of rotatable bonds is 9. The summed E-state index contributed by atoms with van der Waals surface area (Å²) < 4.78 is 5.42. The van der Waals surface area contributed by atoms with Crippen molar-refractivity contribution in [3.05, 3.63) is 59.7 Å². The van der Waals surface area contributed by atoms with Crippen molar-refractivity contribution in [3.8, 4) is 11.1 Å². The molecule has 0 fully saturated rings. The van der Waals surface area contributed by atoms with E-state index in [1.165, 1.54) is 0 Å². The molecule has 2 amide bonds. The second kappa shape index (κ2) is 10.1. The maximum Gasteiger partial charge on any atom is 0.407 e. The Morgan fingerprint density at radius 2 is 1.61 bits per heavy atom. The zero-order chi connectivity index (χ0) is 22.4. The highest BCUT2D eigenvalue weighted by molar-refractivity contribution is 5.88. The number of nitrogens with one attached hydrogen (secondary N) is 1. The standard InChI is InChI=1S/C23H26N2O6/c1-3-25(31-4-2)22(28)20(13-21(26)27)24-23(29)30-14-19-17-11-7-5-9-15(17)16-10-6-8-12-18(16)19/h5-12,19-20H,3-4,13-14H2,1-2H3,(H,24,29)(H,26,27). The topological polar surface area (TPSA) is 105 Å². The molecule has 0 saturated carbocycles. The molecule has 2 aromatic carbocycles. The van der Waals surface area contributed by atoms with E-state index in [1.54, 1.807) is 13.8 Å². The maximum absolute atomic E-state index is 12.6. The van der Waals surface area contributed by atoms with Crippen LogP contribution in [0.4, 0.5) is 4.79 Å². The highest BCUT2D eigenvalue weighted by atomic mass is 16.7. The number of carbonyl (C=O) groups is 3. The van der Waals surface area contributed by atoms with Crippen molar-refractivity contribution in [3.63, 3.8) is 0 Å². The fourth-order valence-electron chi connectivity index (χ4n) is 3.80. The van der Waals surface area contributed by atoms with Crippen molar-refractivity contribution in [1.82, 2.24) is 10.4 Å². The van der Waals surface area contributed by atoms with Gasteiger partial charge in [0.25, 0.3) is 5.91 Å². The third-order valence-corrected chi connectivity index (χ3v) is 5.13. The number of carbonyl (C=O) groups excluding carboxylic acids is 2. The Morgan fingerprint density at radius 1 is 1.03 bits per heavy atom. The third-order valence-electron chi connectivity index (χ3n) is 5.13. The molecule has 0 spiro atoms. The minimum atomic E-state index is -1.29. The summed E-state index contributed by atoms with van der Waals surface area (Å²) in [5.74, 6) is -1.99. The van der Waals surface area contributed by atoms with E-state index in [2.05, 4.69) is 5.32 Å². The first-order valence-electron chi connectivity index (χ1n) is 10.2. The number of fused-ring (bicyclic) bond motifs is 3. The molecule has 1 aliphatic carbocycles. The van der Waals surface area contributed by atoms with Gasteiger partial charge in [0.15, 0.2) is 0 Å². The molecule has 1 atom stereocenters. The van der Waals surface area contributed by atoms with Crippen LogP contribution in [0.5, 0.6) is 0 Å². The molecule has 0 radical (unpaired) electrons. The third kappa shape index (κ3) is 5.03. The number of alkyl carbamates (subject to hydrolysis) is 1. The summed E-state index contributed by atoms with van der Waals surface area (Å²) in [6.45, 7) is 3.93. The van der Waals surface area contributed by atoms with Crippen molar-refractivity contribution in [2.24, 2.45) is 0 Å². The molecular formula is C23H26N2O6. The lowest BCUT2D eigenvalue weighted by Crippen LogP contribution is -2.49. The van der Waals surface area contributed by atoms with E-state index in [9.17, 15) is 14.4 Å². The number of hydrogen-bond donors (Lipinski definition) is 2. The van der Waals surface area contributed by atoms with Crippen LogP contribution in [-0.4, -0.2) is 53.9 Å². The summed E-state index contributed by atoms with van der Waals surface area (Å²) >= 11 is 0. The zero-order valence-corrected chi connectivity index (χ0v) is 17.5. The van der Waals surface area contributed by atoms with Gasteiger partial charge in [-0.1, -0.05) is 48.5 Å². The molecule has 0 aromatic heterocycles. The first-order chi connectivity index (χ1) is 15.0. The Labute approximate surface area is 180 Å². The number of carboxylic acid groups (broad SMARTS) is 1. The number of hydroxylamine groups is 2. The van der Waals surface area contributed by atoms with Crippen LogP contribution in [0, 0.1) is 0 Å². The van der Waals surface area contributed by atoms with Crippen LogP contribution < -0.4 is 5.32 Å². The molecule has 1 aliphatic rings. The molecule has 0 aliphatic heterocycles. The quantitative estimate of drug-likeness (QED) is 0.597. The van der Waals surface area contributed by atoms with Gasteiger partial charge in [-0.2, -0.15) is 0 Å². The van der Waals surface area contributed by atoms with Crippen molar-refractivity contribution in [2.75, 3.05) is 19.8 Å². The van der Waals surface area contributed by atoms with Gasteiger partial charge in [0.2, 0.25) is 0 Å². The maximum atomic E-state index is 12.6. The molecule has 8 heteroatoms. The van der Waals surface area contributed by atoms with Crippen LogP contribution in [0.15, 0.2) is 48.5 Å². The number of benzene rings is 2. The number of nitrogens with zero attached hydrogens (tertiary/aromatic N) is 1. The number of hydrogen-bond acceptors (Lipinski definition) is 5. The van der Waals surface area contributed by atoms with Crippen LogP contribution in [0.1, 0.15) is 37.3 Å². The van der Waals surface area contributed by atoms with Crippen LogP contribution in [0.2, 0.25) is 0 Å². The first-order valence-corrected chi connectivity index (χ1v) is 10.2. The number of amides is 2. The van der Waals surface area contributed by atoms with Crippen molar-refractivity contribution >= 4 is 18.0 Å². The van der Waals surface area contributed by atoms with Gasteiger partial charge in [-0.15, -0.1) is 0 Å². The molecule has 0 bridgehead atoms. The predicted octanol–water partition coefficient (Wildman–Crippen LogP) is 3.17. The van der Waals surface area contributed by atoms with Gasteiger partial charge >= 0.3 is 12.1 Å². The normalized spacial score (nSPS) is 13.1. The molecule has 31 heavy (non-hydrogen) atoms. The fraction of sp³-hybridized carbons (Fsp3) is 0.348. The van der Waals surface area contributed by atoms with Gasteiger partial charge in [-0.25, -0.2) is 9.86 Å². The van der Waals surface area contributed by atoms with E-state index in [-0.39, 0.29) is 25.7 Å². The lowest BCUT2D eigenvalue weighted by Gasteiger charge is -2.25. The van der Waals surface area contributed by atoms with E-state index in [0.717, 1.165) is 27.3 Å². The van der Waals surface area contributed by atoms with Crippen molar-refractivity contribution < 1.29 is 29.1 Å².